The average Bonchev–Trinajstić information content (AvgIpc) is 3.10. The third-order valence-corrected chi connectivity index (χ3v) is 6.44. The second kappa shape index (κ2) is 9.11. The summed E-state index contributed by atoms with van der Waals surface area (Å²) in [4.78, 5) is 25.9. The van der Waals surface area contributed by atoms with E-state index in [9.17, 15) is 4.79 Å². The van der Waals surface area contributed by atoms with Crippen molar-refractivity contribution < 1.29 is 4.79 Å². The van der Waals surface area contributed by atoms with Crippen molar-refractivity contribution >= 4 is 17.2 Å². The van der Waals surface area contributed by atoms with Gasteiger partial charge in [-0.25, -0.2) is 0 Å². The van der Waals surface area contributed by atoms with E-state index in [-0.39, 0.29) is 5.91 Å². The van der Waals surface area contributed by atoms with Crippen LogP contribution in [0.4, 0.5) is 0 Å². The van der Waals surface area contributed by atoms with E-state index in [2.05, 4.69) is 16.0 Å². The molecule has 3 aromatic heterocycles. The van der Waals surface area contributed by atoms with Gasteiger partial charge in [0.05, 0.1) is 4.88 Å². The second-order valence-corrected chi connectivity index (χ2v) is 8.49. The maximum absolute atomic E-state index is 13.4. The Morgan fingerprint density at radius 2 is 1.71 bits per heavy atom. The Balaban J connectivity index is 1.59. The van der Waals surface area contributed by atoms with Crippen molar-refractivity contribution in [2.75, 3.05) is 0 Å². The molecule has 0 bridgehead atoms. The first kappa shape index (κ1) is 18.8. The number of carbonyl (C=O) groups excluding carboxylic acids is 1. The van der Waals surface area contributed by atoms with E-state index in [0.717, 1.165) is 28.8 Å². The first-order valence-corrected chi connectivity index (χ1v) is 10.8. The number of aryl methyl sites for hydroxylation is 2. The molecule has 3 aromatic rings. The van der Waals surface area contributed by atoms with Crippen molar-refractivity contribution in [3.8, 4) is 0 Å². The average molecular weight is 392 g/mol. The van der Waals surface area contributed by atoms with E-state index < -0.39 is 0 Å². The van der Waals surface area contributed by atoms with Crippen LogP contribution in [-0.2, 0) is 25.9 Å². The molecule has 0 N–H and O–H groups in total. The number of aromatic nitrogens is 2. The van der Waals surface area contributed by atoms with Crippen molar-refractivity contribution in [3.63, 3.8) is 0 Å². The smallest absolute Gasteiger partial charge is 0.264 e. The summed E-state index contributed by atoms with van der Waals surface area (Å²) in [6.07, 6.45) is 14.4. The number of carbonyl (C=O) groups is 1. The van der Waals surface area contributed by atoms with Gasteiger partial charge < -0.3 is 4.90 Å². The molecule has 3 heterocycles. The lowest BCUT2D eigenvalue weighted by atomic mass is 10.00. The molecule has 1 aliphatic rings. The Morgan fingerprint density at radius 1 is 0.929 bits per heavy atom. The normalized spacial score (nSPS) is 14.0. The van der Waals surface area contributed by atoms with Gasteiger partial charge in [0.2, 0.25) is 0 Å². The van der Waals surface area contributed by atoms with Gasteiger partial charge in [0, 0.05) is 42.8 Å². The number of nitrogens with zero attached hydrogens (tertiary/aromatic N) is 3. The van der Waals surface area contributed by atoms with Crippen LogP contribution in [0.5, 0.6) is 0 Å². The molecule has 0 spiro atoms. The summed E-state index contributed by atoms with van der Waals surface area (Å²) < 4.78 is 0. The first-order chi connectivity index (χ1) is 13.8. The summed E-state index contributed by atoms with van der Waals surface area (Å²) >= 11 is 1.70. The lowest BCUT2D eigenvalue weighted by molar-refractivity contribution is 0.0734. The highest BCUT2D eigenvalue weighted by Crippen LogP contribution is 2.30. The predicted octanol–water partition coefficient (Wildman–Crippen LogP) is 5.04. The zero-order chi connectivity index (χ0) is 19.2. The molecule has 0 aromatic carbocycles. The molecule has 0 fully saturated rings. The van der Waals surface area contributed by atoms with Gasteiger partial charge in [-0.15, -0.1) is 11.3 Å². The van der Waals surface area contributed by atoms with Crippen molar-refractivity contribution in [2.24, 2.45) is 0 Å². The highest BCUT2D eigenvalue weighted by atomic mass is 32.1. The van der Waals surface area contributed by atoms with Crippen molar-refractivity contribution in [2.45, 2.75) is 51.6 Å². The van der Waals surface area contributed by atoms with Crippen molar-refractivity contribution in [3.05, 3.63) is 81.6 Å². The SMILES string of the molecule is O=C(c1cc2c(s1)CCCCCC2)N(Cc1ccncc1)Cc1cccnc1. The number of thiophene rings is 1. The number of hydrogen-bond acceptors (Lipinski definition) is 4. The molecule has 0 unspecified atom stereocenters. The zero-order valence-corrected chi connectivity index (χ0v) is 16.8. The number of fused-ring (bicyclic) bond motifs is 1. The highest BCUT2D eigenvalue weighted by Gasteiger charge is 2.21. The highest BCUT2D eigenvalue weighted by molar-refractivity contribution is 7.14. The molecule has 5 heteroatoms. The summed E-state index contributed by atoms with van der Waals surface area (Å²) in [6.45, 7) is 1.12. The van der Waals surface area contributed by atoms with Crippen LogP contribution < -0.4 is 0 Å². The molecular formula is C23H25N3OS. The van der Waals surface area contributed by atoms with Gasteiger partial charge in [-0.05, 0) is 66.6 Å². The van der Waals surface area contributed by atoms with E-state index in [1.165, 1.54) is 36.1 Å². The van der Waals surface area contributed by atoms with Crippen molar-refractivity contribution in [1.82, 2.24) is 14.9 Å². The fourth-order valence-corrected chi connectivity index (χ4v) is 4.95. The lowest BCUT2D eigenvalue weighted by Crippen LogP contribution is -2.29. The minimum Gasteiger partial charge on any atom is -0.329 e. The Hall–Kier alpha value is -2.53. The molecule has 0 saturated heterocycles. The molecule has 144 valence electrons. The van der Waals surface area contributed by atoms with E-state index in [1.54, 1.807) is 29.9 Å². The van der Waals surface area contributed by atoms with Gasteiger partial charge in [0.1, 0.15) is 0 Å². The third-order valence-electron chi connectivity index (χ3n) is 5.21. The van der Waals surface area contributed by atoms with Gasteiger partial charge in [0.25, 0.3) is 5.91 Å². The topological polar surface area (TPSA) is 46.1 Å². The Morgan fingerprint density at radius 3 is 2.50 bits per heavy atom. The summed E-state index contributed by atoms with van der Waals surface area (Å²) in [5.41, 5.74) is 3.51. The summed E-state index contributed by atoms with van der Waals surface area (Å²) in [5.74, 6) is 0.109. The van der Waals surface area contributed by atoms with Crippen LogP contribution in [0.15, 0.2) is 55.1 Å². The van der Waals surface area contributed by atoms with E-state index in [1.807, 2.05) is 35.4 Å². The standard InChI is InChI=1S/C23H25N3OS/c27-23(22-14-20-7-3-1-2-4-8-21(20)28-22)26(16-18-9-12-24-13-10-18)17-19-6-5-11-25-15-19/h5-6,9-15H,1-4,7-8,16-17H2. The van der Waals surface area contributed by atoms with Gasteiger partial charge in [0.15, 0.2) is 0 Å². The minimum absolute atomic E-state index is 0.109. The monoisotopic (exact) mass is 391 g/mol. The molecule has 4 nitrogen and oxygen atoms in total. The fourth-order valence-electron chi connectivity index (χ4n) is 3.73. The van der Waals surface area contributed by atoms with E-state index in [4.69, 9.17) is 0 Å². The molecule has 0 saturated carbocycles. The van der Waals surface area contributed by atoms with Gasteiger partial charge in [-0.3, -0.25) is 14.8 Å². The summed E-state index contributed by atoms with van der Waals surface area (Å²) in [5, 5.41) is 0. The second-order valence-electron chi connectivity index (χ2n) is 7.35. The number of hydrogen-bond donors (Lipinski definition) is 0. The summed E-state index contributed by atoms with van der Waals surface area (Å²) in [6, 6.07) is 10.0. The van der Waals surface area contributed by atoms with Crippen LogP contribution in [0.25, 0.3) is 0 Å². The van der Waals surface area contributed by atoms with Crippen LogP contribution in [0.1, 0.15) is 56.9 Å². The molecular weight excluding hydrogens is 366 g/mol. The third kappa shape index (κ3) is 4.65. The molecule has 1 amide bonds. The van der Waals surface area contributed by atoms with Crippen LogP contribution in [0.3, 0.4) is 0 Å². The molecule has 0 atom stereocenters. The van der Waals surface area contributed by atoms with Crippen LogP contribution in [0, 0.1) is 0 Å². The van der Waals surface area contributed by atoms with Gasteiger partial charge in [-0.1, -0.05) is 18.9 Å². The molecule has 0 radical (unpaired) electrons. The Labute approximate surface area is 170 Å². The van der Waals surface area contributed by atoms with Gasteiger partial charge >= 0.3 is 0 Å². The van der Waals surface area contributed by atoms with Crippen LogP contribution in [0.2, 0.25) is 0 Å². The first-order valence-electron chi connectivity index (χ1n) is 9.98. The minimum atomic E-state index is 0.109. The van der Waals surface area contributed by atoms with Crippen LogP contribution in [-0.4, -0.2) is 20.8 Å². The van der Waals surface area contributed by atoms with E-state index in [0.29, 0.717) is 13.1 Å². The quantitative estimate of drug-likeness (QED) is 0.612. The maximum atomic E-state index is 13.4. The predicted molar refractivity (Wildman–Crippen MR) is 112 cm³/mol. The molecule has 0 aliphatic heterocycles. The Bertz CT molecular complexity index is 841. The van der Waals surface area contributed by atoms with E-state index >= 15 is 0 Å². The van der Waals surface area contributed by atoms with Crippen LogP contribution >= 0.6 is 11.3 Å². The summed E-state index contributed by atoms with van der Waals surface area (Å²) in [7, 11) is 0. The zero-order valence-electron chi connectivity index (χ0n) is 16.0. The Kier molecular flexibility index (Phi) is 6.12. The lowest BCUT2D eigenvalue weighted by Gasteiger charge is -2.22. The fraction of sp³-hybridized carbons (Fsp3) is 0.348. The largest absolute Gasteiger partial charge is 0.329 e. The number of rotatable bonds is 5. The molecule has 4 rings (SSSR count). The molecule has 1 aliphatic carbocycles. The molecule has 28 heavy (non-hydrogen) atoms. The number of pyridine rings is 2. The number of amides is 1. The van der Waals surface area contributed by atoms with Gasteiger partial charge in [-0.2, -0.15) is 0 Å². The van der Waals surface area contributed by atoms with Crippen molar-refractivity contribution in [1.29, 1.82) is 0 Å². The maximum Gasteiger partial charge on any atom is 0.264 e.